The molecule has 1 fully saturated rings. The van der Waals surface area contributed by atoms with Crippen LogP contribution in [0.2, 0.25) is 0 Å². The van der Waals surface area contributed by atoms with Crippen LogP contribution in [0.25, 0.3) is 11.3 Å². The molecule has 2 aromatic carbocycles. The lowest BCUT2D eigenvalue weighted by Gasteiger charge is -2.45. The zero-order valence-corrected chi connectivity index (χ0v) is 21.2. The summed E-state index contributed by atoms with van der Waals surface area (Å²) in [5, 5.41) is 3.34. The second-order valence-corrected chi connectivity index (χ2v) is 10.2. The quantitative estimate of drug-likeness (QED) is 0.475. The van der Waals surface area contributed by atoms with E-state index in [1.807, 2.05) is 78.2 Å². The van der Waals surface area contributed by atoms with Crippen molar-refractivity contribution in [2.75, 3.05) is 7.11 Å². The molecule has 0 saturated heterocycles. The molecule has 36 heavy (non-hydrogen) atoms. The van der Waals surface area contributed by atoms with E-state index in [-0.39, 0.29) is 17.9 Å². The molecule has 2 amide bonds. The molecule has 2 heterocycles. The summed E-state index contributed by atoms with van der Waals surface area (Å²) in [6.07, 6.45) is 6.68. The number of amides is 2. The third kappa shape index (κ3) is 4.52. The molecule has 1 N–H and O–H groups in total. The van der Waals surface area contributed by atoms with E-state index in [1.165, 1.54) is 12.8 Å². The largest absolute Gasteiger partial charge is 0.496 e. The summed E-state index contributed by atoms with van der Waals surface area (Å²) in [7, 11) is 1.63. The molecule has 1 aliphatic carbocycles. The Labute approximate surface area is 213 Å². The van der Waals surface area contributed by atoms with Gasteiger partial charge in [-0.1, -0.05) is 74.2 Å². The van der Waals surface area contributed by atoms with E-state index < -0.39 is 5.54 Å². The minimum atomic E-state index is -1.06. The summed E-state index contributed by atoms with van der Waals surface area (Å²) in [5.74, 6) is 0.478. The molecule has 1 aliphatic heterocycles. The zero-order valence-electron chi connectivity index (χ0n) is 21.2. The van der Waals surface area contributed by atoms with E-state index in [1.54, 1.807) is 12.0 Å². The SMILES string of the molecule is COc1ccccc1CN1C(=O)c2ccc(-c3ccccc3)n2C[C@]1(C)C(=O)NC1CCCCCC1. The Kier molecular flexibility index (Phi) is 6.86. The minimum Gasteiger partial charge on any atom is -0.496 e. The summed E-state index contributed by atoms with van der Waals surface area (Å²) in [4.78, 5) is 29.8. The van der Waals surface area contributed by atoms with Gasteiger partial charge >= 0.3 is 0 Å². The first kappa shape index (κ1) is 24.2. The van der Waals surface area contributed by atoms with Crippen molar-refractivity contribution in [1.29, 1.82) is 0 Å². The molecule has 0 unspecified atom stereocenters. The number of nitrogens with zero attached hydrogens (tertiary/aromatic N) is 2. The number of fused-ring (bicyclic) bond motifs is 1. The predicted molar refractivity (Wildman–Crippen MR) is 141 cm³/mol. The lowest BCUT2D eigenvalue weighted by atomic mass is 9.92. The van der Waals surface area contributed by atoms with Crippen molar-refractivity contribution in [3.05, 3.63) is 78.0 Å². The van der Waals surface area contributed by atoms with Crippen LogP contribution in [0, 0.1) is 0 Å². The van der Waals surface area contributed by atoms with Crippen LogP contribution in [0.15, 0.2) is 66.7 Å². The van der Waals surface area contributed by atoms with Gasteiger partial charge in [-0.25, -0.2) is 0 Å². The van der Waals surface area contributed by atoms with Gasteiger partial charge in [0.25, 0.3) is 5.91 Å². The number of ether oxygens (including phenoxy) is 1. The average Bonchev–Trinajstić information content (AvgIpc) is 3.14. The summed E-state index contributed by atoms with van der Waals surface area (Å²) >= 11 is 0. The highest BCUT2D eigenvalue weighted by Gasteiger charge is 2.48. The molecular weight excluding hydrogens is 450 g/mol. The van der Waals surface area contributed by atoms with Crippen molar-refractivity contribution in [2.24, 2.45) is 0 Å². The highest BCUT2D eigenvalue weighted by molar-refractivity contribution is 6.00. The van der Waals surface area contributed by atoms with E-state index in [0.717, 1.165) is 42.5 Å². The Morgan fingerprint density at radius 2 is 1.61 bits per heavy atom. The number of rotatable bonds is 6. The van der Waals surface area contributed by atoms with Crippen LogP contribution >= 0.6 is 0 Å². The van der Waals surface area contributed by atoms with Gasteiger partial charge in [0, 0.05) is 17.3 Å². The number of carbonyl (C=O) groups excluding carboxylic acids is 2. The number of nitrogens with one attached hydrogen (secondary N) is 1. The van der Waals surface area contributed by atoms with Gasteiger partial charge in [-0.05, 0) is 43.5 Å². The number of benzene rings is 2. The number of para-hydroxylation sites is 1. The molecule has 1 atom stereocenters. The third-order valence-corrected chi connectivity index (χ3v) is 7.78. The molecular formula is C30H35N3O3. The fourth-order valence-electron chi connectivity index (χ4n) is 5.65. The smallest absolute Gasteiger partial charge is 0.271 e. The van der Waals surface area contributed by atoms with Crippen LogP contribution in [0.1, 0.15) is 61.5 Å². The first-order chi connectivity index (χ1) is 17.5. The van der Waals surface area contributed by atoms with Crippen LogP contribution in [0.5, 0.6) is 5.75 Å². The van der Waals surface area contributed by atoms with Gasteiger partial charge in [-0.15, -0.1) is 0 Å². The van der Waals surface area contributed by atoms with E-state index in [2.05, 4.69) is 5.32 Å². The zero-order chi connectivity index (χ0) is 25.1. The Morgan fingerprint density at radius 3 is 2.33 bits per heavy atom. The van der Waals surface area contributed by atoms with Crippen molar-refractivity contribution < 1.29 is 14.3 Å². The second kappa shape index (κ2) is 10.2. The van der Waals surface area contributed by atoms with Crippen molar-refractivity contribution in [2.45, 2.75) is 70.1 Å². The predicted octanol–water partition coefficient (Wildman–Crippen LogP) is 5.42. The Bertz CT molecular complexity index is 1230. The Balaban J connectivity index is 1.54. The highest BCUT2D eigenvalue weighted by Crippen LogP contribution is 2.35. The van der Waals surface area contributed by atoms with Gasteiger partial charge < -0.3 is 19.5 Å². The molecule has 188 valence electrons. The molecule has 0 bridgehead atoms. The van der Waals surface area contributed by atoms with E-state index in [4.69, 9.17) is 4.74 Å². The molecule has 0 spiro atoms. The molecule has 1 aromatic heterocycles. The van der Waals surface area contributed by atoms with E-state index >= 15 is 0 Å². The van der Waals surface area contributed by atoms with E-state index in [0.29, 0.717) is 24.5 Å². The summed E-state index contributed by atoms with van der Waals surface area (Å²) in [6, 6.07) is 21.8. The van der Waals surface area contributed by atoms with Gasteiger partial charge in [0.1, 0.15) is 17.0 Å². The Morgan fingerprint density at radius 1 is 0.944 bits per heavy atom. The molecule has 3 aromatic rings. The topological polar surface area (TPSA) is 63.6 Å². The third-order valence-electron chi connectivity index (χ3n) is 7.78. The van der Waals surface area contributed by atoms with Crippen molar-refractivity contribution >= 4 is 11.8 Å². The molecule has 6 nitrogen and oxygen atoms in total. The number of carbonyl (C=O) groups is 2. The van der Waals surface area contributed by atoms with Gasteiger partial charge in [-0.2, -0.15) is 0 Å². The maximum Gasteiger partial charge on any atom is 0.271 e. The fraction of sp³-hybridized carbons (Fsp3) is 0.400. The fourth-order valence-corrected chi connectivity index (χ4v) is 5.65. The first-order valence-corrected chi connectivity index (χ1v) is 13.0. The molecule has 0 radical (unpaired) electrons. The first-order valence-electron chi connectivity index (χ1n) is 13.0. The van der Waals surface area contributed by atoms with Crippen LogP contribution < -0.4 is 10.1 Å². The monoisotopic (exact) mass is 485 g/mol. The van der Waals surface area contributed by atoms with Crippen molar-refractivity contribution in [3.8, 4) is 17.0 Å². The van der Waals surface area contributed by atoms with Gasteiger partial charge in [0.2, 0.25) is 5.91 Å². The molecule has 6 heteroatoms. The van der Waals surface area contributed by atoms with Gasteiger partial charge in [0.05, 0.1) is 20.2 Å². The molecule has 1 saturated carbocycles. The van der Waals surface area contributed by atoms with Gasteiger partial charge in [-0.3, -0.25) is 9.59 Å². The van der Waals surface area contributed by atoms with Gasteiger partial charge in [0.15, 0.2) is 0 Å². The van der Waals surface area contributed by atoms with E-state index in [9.17, 15) is 9.59 Å². The van der Waals surface area contributed by atoms with Crippen molar-refractivity contribution in [1.82, 2.24) is 14.8 Å². The number of methoxy groups -OCH3 is 1. The maximum absolute atomic E-state index is 14.0. The summed E-state index contributed by atoms with van der Waals surface area (Å²) in [5.41, 5.74) is 2.40. The molecule has 2 aliphatic rings. The minimum absolute atomic E-state index is 0.0870. The van der Waals surface area contributed by atoms with Crippen LogP contribution in [-0.4, -0.2) is 40.0 Å². The molecule has 5 rings (SSSR count). The summed E-state index contributed by atoms with van der Waals surface area (Å²) < 4.78 is 7.59. The standard InChI is InChI=1S/C30H35N3O3/c1-30(29(35)31-24-15-8-3-4-9-16-24)21-32-25(22-12-6-5-7-13-22)18-19-26(32)28(34)33(30)20-23-14-10-11-17-27(23)36-2/h5-7,10-14,17-19,24H,3-4,8-9,15-16,20-21H2,1-2H3,(H,31,35)/t30-/m1/s1. The van der Waals surface area contributed by atoms with Crippen molar-refractivity contribution in [3.63, 3.8) is 0 Å². The normalized spacial score (nSPS) is 20.5. The van der Waals surface area contributed by atoms with Crippen LogP contribution in [-0.2, 0) is 17.9 Å². The number of aromatic nitrogens is 1. The van der Waals surface area contributed by atoms with Crippen LogP contribution in [0.3, 0.4) is 0 Å². The highest BCUT2D eigenvalue weighted by atomic mass is 16.5. The maximum atomic E-state index is 14.0. The summed E-state index contributed by atoms with van der Waals surface area (Å²) in [6.45, 7) is 2.59. The number of hydrogen-bond donors (Lipinski definition) is 1. The average molecular weight is 486 g/mol. The number of hydrogen-bond acceptors (Lipinski definition) is 3. The lowest BCUT2D eigenvalue weighted by molar-refractivity contribution is -0.134. The van der Waals surface area contributed by atoms with Crippen LogP contribution in [0.4, 0.5) is 0 Å². The lowest BCUT2D eigenvalue weighted by Crippen LogP contribution is -2.64. The second-order valence-electron chi connectivity index (χ2n) is 10.2. The Hall–Kier alpha value is -3.54.